The van der Waals surface area contributed by atoms with Crippen molar-refractivity contribution in [2.24, 2.45) is 0 Å². The number of nitrogens with zero attached hydrogens (tertiary/aromatic N) is 3. The van der Waals surface area contributed by atoms with Crippen LogP contribution in [0.2, 0.25) is 0 Å². The molecule has 7 heteroatoms. The fraction of sp³-hybridized carbons (Fsp3) is 0.167. The van der Waals surface area contributed by atoms with E-state index in [1.165, 1.54) is 0 Å². The SMILES string of the molecule is FC(F)(F)c1n[nH]c2ncncc12. The van der Waals surface area contributed by atoms with Crippen LogP contribution >= 0.6 is 0 Å². The lowest BCUT2D eigenvalue weighted by Gasteiger charge is -2.00. The van der Waals surface area contributed by atoms with Gasteiger partial charge < -0.3 is 0 Å². The Kier molecular flexibility index (Phi) is 1.48. The molecule has 0 fully saturated rings. The molecule has 13 heavy (non-hydrogen) atoms. The number of H-pyrrole nitrogens is 1. The van der Waals surface area contributed by atoms with E-state index in [1.54, 1.807) is 0 Å². The van der Waals surface area contributed by atoms with Gasteiger partial charge in [0.2, 0.25) is 0 Å². The fourth-order valence-corrected chi connectivity index (χ4v) is 0.977. The van der Waals surface area contributed by atoms with Crippen molar-refractivity contribution in [3.05, 3.63) is 18.2 Å². The Morgan fingerprint density at radius 3 is 2.77 bits per heavy atom. The summed E-state index contributed by atoms with van der Waals surface area (Å²) >= 11 is 0. The van der Waals surface area contributed by atoms with Crippen molar-refractivity contribution in [3.8, 4) is 0 Å². The van der Waals surface area contributed by atoms with Crippen LogP contribution < -0.4 is 0 Å². The van der Waals surface area contributed by atoms with Gasteiger partial charge in [-0.3, -0.25) is 5.10 Å². The number of hydrogen-bond donors (Lipinski definition) is 1. The average molecular weight is 188 g/mol. The van der Waals surface area contributed by atoms with Gasteiger partial charge in [-0.15, -0.1) is 0 Å². The number of aromatic amines is 1. The monoisotopic (exact) mass is 188 g/mol. The Morgan fingerprint density at radius 2 is 2.08 bits per heavy atom. The Labute approximate surface area is 69.8 Å². The van der Waals surface area contributed by atoms with Crippen LogP contribution in [0, 0.1) is 0 Å². The normalized spacial score (nSPS) is 12.2. The van der Waals surface area contributed by atoms with Gasteiger partial charge >= 0.3 is 6.18 Å². The summed E-state index contributed by atoms with van der Waals surface area (Å²) in [4.78, 5) is 7.07. The third-order valence-corrected chi connectivity index (χ3v) is 1.51. The lowest BCUT2D eigenvalue weighted by atomic mass is 10.3. The zero-order valence-corrected chi connectivity index (χ0v) is 6.13. The lowest BCUT2D eigenvalue weighted by molar-refractivity contribution is -0.139. The zero-order chi connectivity index (χ0) is 9.47. The van der Waals surface area contributed by atoms with E-state index in [0.29, 0.717) is 0 Å². The summed E-state index contributed by atoms with van der Waals surface area (Å²) in [5, 5.41) is 5.17. The molecule has 1 N–H and O–H groups in total. The lowest BCUT2D eigenvalue weighted by Crippen LogP contribution is -2.05. The number of nitrogens with one attached hydrogen (secondary N) is 1. The second-order valence-corrected chi connectivity index (χ2v) is 2.35. The highest BCUT2D eigenvalue weighted by Crippen LogP contribution is 2.31. The number of rotatable bonds is 0. The van der Waals surface area contributed by atoms with E-state index in [4.69, 9.17) is 0 Å². The number of alkyl halides is 3. The van der Waals surface area contributed by atoms with E-state index >= 15 is 0 Å². The molecule has 68 valence electrons. The quantitative estimate of drug-likeness (QED) is 0.679. The summed E-state index contributed by atoms with van der Waals surface area (Å²) in [6.07, 6.45) is -2.24. The first-order valence-corrected chi connectivity index (χ1v) is 3.30. The predicted molar refractivity (Wildman–Crippen MR) is 36.7 cm³/mol. The van der Waals surface area contributed by atoms with Crippen molar-refractivity contribution in [1.29, 1.82) is 0 Å². The molecule has 0 saturated heterocycles. The molecule has 0 aliphatic heterocycles. The Bertz CT molecular complexity index is 433. The Hall–Kier alpha value is -1.66. The summed E-state index contributed by atoms with van der Waals surface area (Å²) in [6.45, 7) is 0. The largest absolute Gasteiger partial charge is 0.435 e. The van der Waals surface area contributed by atoms with E-state index < -0.39 is 11.9 Å². The number of aromatic nitrogens is 4. The molecule has 0 amide bonds. The van der Waals surface area contributed by atoms with Crippen molar-refractivity contribution >= 4 is 11.0 Å². The first-order valence-electron chi connectivity index (χ1n) is 3.30. The Morgan fingerprint density at radius 1 is 1.31 bits per heavy atom. The molecule has 0 radical (unpaired) electrons. The summed E-state index contributed by atoms with van der Waals surface area (Å²) in [5.74, 6) is 0. The van der Waals surface area contributed by atoms with Crippen LogP contribution in [0.4, 0.5) is 13.2 Å². The molecule has 0 aromatic carbocycles. The highest BCUT2D eigenvalue weighted by Gasteiger charge is 2.36. The zero-order valence-electron chi connectivity index (χ0n) is 6.13. The molecular formula is C6H3F3N4. The fourth-order valence-electron chi connectivity index (χ4n) is 0.977. The van der Waals surface area contributed by atoms with E-state index in [2.05, 4.69) is 20.2 Å². The van der Waals surface area contributed by atoms with E-state index in [-0.39, 0.29) is 11.0 Å². The summed E-state index contributed by atoms with van der Waals surface area (Å²) in [7, 11) is 0. The van der Waals surface area contributed by atoms with E-state index in [0.717, 1.165) is 12.5 Å². The van der Waals surface area contributed by atoms with Gasteiger partial charge in [0.15, 0.2) is 11.3 Å². The topological polar surface area (TPSA) is 54.5 Å². The molecule has 2 aromatic heterocycles. The number of fused-ring (bicyclic) bond motifs is 1. The molecule has 2 rings (SSSR count). The van der Waals surface area contributed by atoms with Gasteiger partial charge in [-0.05, 0) is 0 Å². The third kappa shape index (κ3) is 1.21. The highest BCUT2D eigenvalue weighted by atomic mass is 19.4. The molecule has 0 aliphatic rings. The van der Waals surface area contributed by atoms with E-state index in [1.807, 2.05) is 0 Å². The number of hydrogen-bond acceptors (Lipinski definition) is 3. The van der Waals surface area contributed by atoms with Crippen LogP contribution in [-0.4, -0.2) is 20.2 Å². The van der Waals surface area contributed by atoms with Crippen LogP contribution in [0.5, 0.6) is 0 Å². The molecular weight excluding hydrogens is 185 g/mol. The van der Waals surface area contributed by atoms with Crippen molar-refractivity contribution in [2.45, 2.75) is 6.18 Å². The molecule has 0 unspecified atom stereocenters. The van der Waals surface area contributed by atoms with Gasteiger partial charge in [0.1, 0.15) is 6.33 Å². The second-order valence-electron chi connectivity index (χ2n) is 2.35. The third-order valence-electron chi connectivity index (χ3n) is 1.51. The molecule has 0 bridgehead atoms. The van der Waals surface area contributed by atoms with Gasteiger partial charge in [0.25, 0.3) is 0 Å². The van der Waals surface area contributed by atoms with Gasteiger partial charge in [-0.25, -0.2) is 9.97 Å². The average Bonchev–Trinajstić information content (AvgIpc) is 2.45. The molecule has 2 heterocycles. The van der Waals surface area contributed by atoms with Crippen molar-refractivity contribution < 1.29 is 13.2 Å². The summed E-state index contributed by atoms with van der Waals surface area (Å²) in [5.41, 5.74) is -0.898. The number of halogens is 3. The molecule has 0 aliphatic carbocycles. The van der Waals surface area contributed by atoms with Gasteiger partial charge in [0, 0.05) is 6.20 Å². The summed E-state index contributed by atoms with van der Waals surface area (Å²) in [6, 6.07) is 0. The van der Waals surface area contributed by atoms with Crippen LogP contribution in [0.3, 0.4) is 0 Å². The predicted octanol–water partition coefficient (Wildman–Crippen LogP) is 1.37. The molecule has 2 aromatic rings. The van der Waals surface area contributed by atoms with Crippen LogP contribution in [0.1, 0.15) is 5.69 Å². The first-order chi connectivity index (χ1) is 6.09. The Balaban J connectivity index is 2.72. The molecule has 0 spiro atoms. The van der Waals surface area contributed by atoms with E-state index in [9.17, 15) is 13.2 Å². The van der Waals surface area contributed by atoms with Gasteiger partial charge in [-0.2, -0.15) is 18.3 Å². The van der Waals surface area contributed by atoms with Crippen molar-refractivity contribution in [1.82, 2.24) is 20.2 Å². The van der Waals surface area contributed by atoms with Crippen molar-refractivity contribution in [3.63, 3.8) is 0 Å². The molecule has 0 saturated carbocycles. The summed E-state index contributed by atoms with van der Waals surface area (Å²) < 4.78 is 36.6. The minimum atomic E-state index is -4.47. The van der Waals surface area contributed by atoms with Crippen LogP contribution in [-0.2, 0) is 6.18 Å². The molecule has 0 atom stereocenters. The highest BCUT2D eigenvalue weighted by molar-refractivity contribution is 5.76. The maximum absolute atomic E-state index is 12.2. The minimum Gasteiger partial charge on any atom is -0.260 e. The maximum atomic E-state index is 12.2. The first kappa shape index (κ1) is 7.96. The van der Waals surface area contributed by atoms with Gasteiger partial charge in [-0.1, -0.05) is 0 Å². The minimum absolute atomic E-state index is 0.0855. The maximum Gasteiger partial charge on any atom is 0.435 e. The smallest absolute Gasteiger partial charge is 0.260 e. The van der Waals surface area contributed by atoms with Crippen molar-refractivity contribution in [2.75, 3.05) is 0 Å². The second kappa shape index (κ2) is 2.41. The standard InChI is InChI=1S/C6H3F3N4/c7-6(8,9)4-3-1-10-2-11-5(3)13-12-4/h1-2H,(H,10,11,12,13). The van der Waals surface area contributed by atoms with Crippen LogP contribution in [0.15, 0.2) is 12.5 Å². The van der Waals surface area contributed by atoms with Gasteiger partial charge in [0.05, 0.1) is 5.39 Å². The molecule has 4 nitrogen and oxygen atoms in total. The van der Waals surface area contributed by atoms with Crippen LogP contribution in [0.25, 0.3) is 11.0 Å².